The fourth-order valence-electron chi connectivity index (χ4n) is 1.85. The molecule has 1 fully saturated rings. The lowest BCUT2D eigenvalue weighted by Gasteiger charge is -2.00. The SMILES string of the molecule is CCn1nc(C)cc1C=C1CCNC1. The van der Waals surface area contributed by atoms with Crippen LogP contribution < -0.4 is 5.32 Å². The molecule has 0 spiro atoms. The molecule has 14 heavy (non-hydrogen) atoms. The Bertz CT molecular complexity index is 341. The third kappa shape index (κ3) is 1.87. The molecule has 3 nitrogen and oxygen atoms in total. The van der Waals surface area contributed by atoms with Gasteiger partial charge in [0.25, 0.3) is 0 Å². The van der Waals surface area contributed by atoms with E-state index >= 15 is 0 Å². The Balaban J connectivity index is 2.26. The smallest absolute Gasteiger partial charge is 0.0612 e. The van der Waals surface area contributed by atoms with Gasteiger partial charge in [0.05, 0.1) is 11.4 Å². The second-order valence-corrected chi connectivity index (χ2v) is 3.76. The van der Waals surface area contributed by atoms with Gasteiger partial charge in [0.2, 0.25) is 0 Å². The van der Waals surface area contributed by atoms with Gasteiger partial charge < -0.3 is 5.32 Å². The first-order chi connectivity index (χ1) is 6.79. The Hall–Kier alpha value is -1.09. The van der Waals surface area contributed by atoms with E-state index in [1.54, 1.807) is 0 Å². The number of rotatable bonds is 2. The van der Waals surface area contributed by atoms with Gasteiger partial charge in [0, 0.05) is 13.1 Å². The molecule has 1 aromatic heterocycles. The molecule has 0 bridgehead atoms. The second kappa shape index (κ2) is 3.96. The monoisotopic (exact) mass is 191 g/mol. The lowest BCUT2D eigenvalue weighted by atomic mass is 10.2. The minimum atomic E-state index is 0.945. The summed E-state index contributed by atoms with van der Waals surface area (Å²) in [5.41, 5.74) is 3.83. The summed E-state index contributed by atoms with van der Waals surface area (Å²) in [5.74, 6) is 0. The van der Waals surface area contributed by atoms with Crippen molar-refractivity contribution >= 4 is 6.08 Å². The van der Waals surface area contributed by atoms with Crippen LogP contribution >= 0.6 is 0 Å². The summed E-state index contributed by atoms with van der Waals surface area (Å²) in [6.07, 6.45) is 3.44. The molecule has 0 aliphatic carbocycles. The van der Waals surface area contributed by atoms with Crippen LogP contribution in [0.25, 0.3) is 6.08 Å². The highest BCUT2D eigenvalue weighted by molar-refractivity contribution is 5.51. The summed E-state index contributed by atoms with van der Waals surface area (Å²) in [4.78, 5) is 0. The van der Waals surface area contributed by atoms with Crippen molar-refractivity contribution in [2.75, 3.05) is 13.1 Å². The molecule has 0 unspecified atom stereocenters. The fraction of sp³-hybridized carbons (Fsp3) is 0.545. The van der Waals surface area contributed by atoms with Crippen LogP contribution in [0.5, 0.6) is 0 Å². The summed E-state index contributed by atoms with van der Waals surface area (Å²) in [5, 5.41) is 7.76. The number of nitrogens with one attached hydrogen (secondary N) is 1. The minimum absolute atomic E-state index is 0.945. The quantitative estimate of drug-likeness (QED) is 0.769. The zero-order valence-electron chi connectivity index (χ0n) is 8.88. The van der Waals surface area contributed by atoms with Crippen LogP contribution in [-0.2, 0) is 6.54 Å². The molecule has 1 aliphatic heterocycles. The maximum Gasteiger partial charge on any atom is 0.0612 e. The molecular formula is C11H17N3. The summed E-state index contributed by atoms with van der Waals surface area (Å²) < 4.78 is 2.06. The summed E-state index contributed by atoms with van der Waals surface area (Å²) in [6.45, 7) is 7.27. The van der Waals surface area contributed by atoms with Gasteiger partial charge in [0.1, 0.15) is 0 Å². The molecule has 1 N–H and O–H groups in total. The largest absolute Gasteiger partial charge is 0.313 e. The van der Waals surface area contributed by atoms with Crippen LogP contribution in [0.4, 0.5) is 0 Å². The summed E-state index contributed by atoms with van der Waals surface area (Å²) in [6, 6.07) is 2.15. The highest BCUT2D eigenvalue weighted by atomic mass is 15.3. The predicted molar refractivity (Wildman–Crippen MR) is 58.1 cm³/mol. The van der Waals surface area contributed by atoms with Crippen molar-refractivity contribution < 1.29 is 0 Å². The van der Waals surface area contributed by atoms with Gasteiger partial charge in [-0.3, -0.25) is 4.68 Å². The average Bonchev–Trinajstić information content (AvgIpc) is 2.76. The van der Waals surface area contributed by atoms with E-state index in [9.17, 15) is 0 Å². The van der Waals surface area contributed by atoms with E-state index in [4.69, 9.17) is 0 Å². The summed E-state index contributed by atoms with van der Waals surface area (Å²) >= 11 is 0. The number of hydrogen-bond donors (Lipinski definition) is 1. The molecule has 1 saturated heterocycles. The Morgan fingerprint density at radius 3 is 3.14 bits per heavy atom. The highest BCUT2D eigenvalue weighted by Gasteiger charge is 2.07. The molecule has 1 aliphatic rings. The molecule has 2 heterocycles. The van der Waals surface area contributed by atoms with Crippen molar-refractivity contribution in [3.05, 3.63) is 23.0 Å². The van der Waals surface area contributed by atoms with Gasteiger partial charge >= 0.3 is 0 Å². The minimum Gasteiger partial charge on any atom is -0.313 e. The molecule has 76 valence electrons. The Morgan fingerprint density at radius 1 is 1.64 bits per heavy atom. The zero-order chi connectivity index (χ0) is 9.97. The van der Waals surface area contributed by atoms with E-state index < -0.39 is 0 Å². The Morgan fingerprint density at radius 2 is 2.50 bits per heavy atom. The van der Waals surface area contributed by atoms with Crippen LogP contribution in [0.15, 0.2) is 11.6 Å². The third-order valence-electron chi connectivity index (χ3n) is 2.56. The van der Waals surface area contributed by atoms with Crippen molar-refractivity contribution in [3.63, 3.8) is 0 Å². The maximum atomic E-state index is 4.42. The standard InChI is InChI=1S/C11H17N3/c1-3-14-11(6-9(2)13-14)7-10-4-5-12-8-10/h6-7,12H,3-5,8H2,1-2H3. The van der Waals surface area contributed by atoms with Gasteiger partial charge in [-0.25, -0.2) is 0 Å². The first-order valence-corrected chi connectivity index (χ1v) is 5.24. The van der Waals surface area contributed by atoms with Gasteiger partial charge in [-0.05, 0) is 39.0 Å². The van der Waals surface area contributed by atoms with E-state index in [1.807, 2.05) is 6.92 Å². The first kappa shape index (κ1) is 9.46. The molecule has 0 aromatic carbocycles. The van der Waals surface area contributed by atoms with E-state index in [2.05, 4.69) is 34.2 Å². The molecule has 0 atom stereocenters. The van der Waals surface area contributed by atoms with Gasteiger partial charge in [-0.2, -0.15) is 5.10 Å². The van der Waals surface area contributed by atoms with E-state index in [1.165, 1.54) is 17.7 Å². The van der Waals surface area contributed by atoms with Crippen molar-refractivity contribution in [1.82, 2.24) is 15.1 Å². The van der Waals surface area contributed by atoms with E-state index in [0.29, 0.717) is 0 Å². The molecule has 1 aromatic rings. The number of hydrogen-bond acceptors (Lipinski definition) is 2. The average molecular weight is 191 g/mol. The first-order valence-electron chi connectivity index (χ1n) is 5.24. The Kier molecular flexibility index (Phi) is 2.68. The topological polar surface area (TPSA) is 29.9 Å². The van der Waals surface area contributed by atoms with Gasteiger partial charge in [-0.15, -0.1) is 0 Å². The summed E-state index contributed by atoms with van der Waals surface area (Å²) in [7, 11) is 0. The lowest BCUT2D eigenvalue weighted by Crippen LogP contribution is -2.05. The van der Waals surface area contributed by atoms with Gasteiger partial charge in [0.15, 0.2) is 0 Å². The zero-order valence-corrected chi connectivity index (χ0v) is 8.88. The van der Waals surface area contributed by atoms with Crippen molar-refractivity contribution in [1.29, 1.82) is 0 Å². The third-order valence-corrected chi connectivity index (χ3v) is 2.56. The van der Waals surface area contributed by atoms with Crippen LogP contribution in [0.3, 0.4) is 0 Å². The van der Waals surface area contributed by atoms with Crippen LogP contribution in [0.1, 0.15) is 24.7 Å². The number of aromatic nitrogens is 2. The molecule has 0 radical (unpaired) electrons. The molecule has 0 saturated carbocycles. The normalized spacial score (nSPS) is 19.4. The fourth-order valence-corrected chi connectivity index (χ4v) is 1.85. The van der Waals surface area contributed by atoms with Crippen molar-refractivity contribution in [2.45, 2.75) is 26.8 Å². The molecule has 2 rings (SSSR count). The predicted octanol–water partition coefficient (Wildman–Crippen LogP) is 1.59. The maximum absolute atomic E-state index is 4.42. The lowest BCUT2D eigenvalue weighted by molar-refractivity contribution is 0.647. The molecular weight excluding hydrogens is 174 g/mol. The number of nitrogens with zero attached hydrogens (tertiary/aromatic N) is 2. The van der Waals surface area contributed by atoms with Gasteiger partial charge in [-0.1, -0.05) is 5.57 Å². The van der Waals surface area contributed by atoms with Crippen molar-refractivity contribution in [3.8, 4) is 0 Å². The molecule has 0 amide bonds. The van der Waals surface area contributed by atoms with Crippen LogP contribution in [0.2, 0.25) is 0 Å². The Labute approximate surface area is 84.8 Å². The van der Waals surface area contributed by atoms with E-state index in [-0.39, 0.29) is 0 Å². The van der Waals surface area contributed by atoms with E-state index in [0.717, 1.165) is 25.3 Å². The van der Waals surface area contributed by atoms with Crippen molar-refractivity contribution in [2.24, 2.45) is 0 Å². The molecule has 3 heteroatoms. The highest BCUT2D eigenvalue weighted by Crippen LogP contribution is 2.13. The number of aryl methyl sites for hydroxylation is 2. The second-order valence-electron chi connectivity index (χ2n) is 3.76. The van der Waals surface area contributed by atoms with Crippen LogP contribution in [-0.4, -0.2) is 22.9 Å². The van der Waals surface area contributed by atoms with Crippen LogP contribution in [0, 0.1) is 6.92 Å².